The number of primary amides is 1. The van der Waals surface area contributed by atoms with E-state index >= 15 is 0 Å². The van der Waals surface area contributed by atoms with Crippen molar-refractivity contribution in [3.8, 4) is 22.4 Å². The highest BCUT2D eigenvalue weighted by atomic mass is 32.2. The molecule has 30 heteroatoms. The number of hydrogen-bond acceptors (Lipinski definition) is 18. The molecule has 0 spiro atoms. The van der Waals surface area contributed by atoms with E-state index in [1.165, 1.54) is 28.4 Å². The number of urea groups is 1. The van der Waals surface area contributed by atoms with E-state index in [0.717, 1.165) is 52.9 Å². The molecule has 5 aliphatic rings. The van der Waals surface area contributed by atoms with E-state index in [0.29, 0.717) is 87.5 Å². The van der Waals surface area contributed by atoms with E-state index in [1.54, 1.807) is 86.9 Å². The Morgan fingerprint density at radius 2 is 1.51 bits per heavy atom. The summed E-state index contributed by atoms with van der Waals surface area (Å²) in [5, 5.41) is 30.3. The molecular formula is C73H85N13O15S2. The van der Waals surface area contributed by atoms with Gasteiger partial charge in [-0.05, 0) is 153 Å². The first kappa shape index (κ1) is 74.2. The molecule has 3 aromatic carbocycles. The van der Waals surface area contributed by atoms with Gasteiger partial charge in [0, 0.05) is 96.5 Å². The number of aromatic nitrogens is 5. The average molecular weight is 1450 g/mol. The second-order valence-electron chi connectivity index (χ2n) is 28.7. The Morgan fingerprint density at radius 3 is 2.21 bits per heavy atom. The minimum absolute atomic E-state index is 0.0183. The topological polar surface area (TPSA) is 396 Å². The summed E-state index contributed by atoms with van der Waals surface area (Å²) in [7, 11) is -4.52. The fraction of sp³-hybridized carbons (Fsp3) is 0.438. The van der Waals surface area contributed by atoms with Gasteiger partial charge < -0.3 is 46.5 Å². The Hall–Kier alpha value is -10.0. The number of carboxylic acids is 1. The molecule has 544 valence electrons. The molecule has 1 aliphatic heterocycles. The predicted octanol–water partition coefficient (Wildman–Crippen LogP) is 9.19. The van der Waals surface area contributed by atoms with Crippen LogP contribution in [0.3, 0.4) is 0 Å². The van der Waals surface area contributed by atoms with Gasteiger partial charge in [-0.3, -0.25) is 53.2 Å². The molecule has 9 amide bonds. The number of ether oxygens (including phenoxy) is 2. The normalized spacial score (nSPS) is 20.3. The van der Waals surface area contributed by atoms with E-state index in [1.807, 2.05) is 35.9 Å². The number of nitrogens with zero attached hydrogens (tertiary/aromatic N) is 7. The number of unbranched alkanes of at least 4 members (excludes halogenated alkanes) is 2. The number of nitrogens with two attached hydrogens (primary N) is 1. The summed E-state index contributed by atoms with van der Waals surface area (Å²) in [5.74, 6) is -5.14. The lowest BCUT2D eigenvalue weighted by atomic mass is 9.39. The first-order chi connectivity index (χ1) is 49.0. The molecule has 4 saturated carbocycles. The first-order valence-electron chi connectivity index (χ1n) is 34.4. The smallest absolute Gasteiger partial charge is 0.410 e. The summed E-state index contributed by atoms with van der Waals surface area (Å²) in [4.78, 5) is 133. The standard InChI is InChI=1S/C73H85N13O15S2/c1-44(2)61(82-58(87)18-7-6-10-28-85-59(88)25-26-60(85)89)65(92)80-56(16-12-27-75-67(74)95)64(91)78-48-21-19-46(20-22-48)36-100-69(96)84(30-32-103(97,98)99)29-31-101-73-40-70(4)37-71(5,41-73)39-72(38-70,42-73)43-86-45(3)52(35-77-86)49-23-24-53(79-62(49)66(93)94)47-33-51-50(13-11-15-54(51)76-34-47)63(90)83-68-81-55-14-8-9-17-57(55)102-68/h8-9,11,13-15,17,19-26,33-35,44,56,61H,6-7,10,12,16,18,27-32,36-43H2,1-5H3,(H,78,91)(H,80,92)(H,82,87)(H,93,94)(H3,74,75,95)(H,81,83,90)(H,97,98,99)/t56-,61-,70+,71?,72?,73?/m0/s1. The minimum atomic E-state index is -4.52. The van der Waals surface area contributed by atoms with Crippen molar-refractivity contribution in [2.75, 3.05) is 49.2 Å². The van der Waals surface area contributed by atoms with Crippen LogP contribution in [0.1, 0.15) is 137 Å². The van der Waals surface area contributed by atoms with Gasteiger partial charge in [0.05, 0.1) is 45.6 Å². The van der Waals surface area contributed by atoms with Gasteiger partial charge in [0.1, 0.15) is 18.7 Å². The average Bonchev–Trinajstić information content (AvgIpc) is 0.913. The fourth-order valence-corrected chi connectivity index (χ4v) is 17.5. The molecule has 0 radical (unpaired) electrons. The molecule has 7 aromatic rings. The summed E-state index contributed by atoms with van der Waals surface area (Å²) in [5.41, 5.74) is 8.96. The van der Waals surface area contributed by atoms with Crippen molar-refractivity contribution in [2.24, 2.45) is 27.9 Å². The quantitative estimate of drug-likeness (QED) is 0.0111. The van der Waals surface area contributed by atoms with Crippen molar-refractivity contribution in [3.05, 3.63) is 132 Å². The molecule has 4 bridgehead atoms. The van der Waals surface area contributed by atoms with Crippen LogP contribution >= 0.6 is 11.3 Å². The van der Waals surface area contributed by atoms with Crippen molar-refractivity contribution in [1.82, 2.24) is 50.5 Å². The zero-order valence-corrected chi connectivity index (χ0v) is 59.6. The molecule has 4 aromatic heterocycles. The number of rotatable bonds is 32. The lowest BCUT2D eigenvalue weighted by Gasteiger charge is -2.69. The number of carbonyl (C=O) groups is 9. The van der Waals surface area contributed by atoms with Crippen molar-refractivity contribution < 1.29 is 70.7 Å². The molecular weight excluding hydrogens is 1360 g/mol. The Labute approximate surface area is 599 Å². The third-order valence-electron chi connectivity index (χ3n) is 19.7. The molecule has 4 aliphatic carbocycles. The molecule has 9 N–H and O–H groups in total. The molecule has 103 heavy (non-hydrogen) atoms. The maximum atomic E-state index is 13.9. The summed E-state index contributed by atoms with van der Waals surface area (Å²) in [6.07, 6.45) is 11.6. The van der Waals surface area contributed by atoms with E-state index in [9.17, 15) is 61.2 Å². The lowest BCUT2D eigenvalue weighted by molar-refractivity contribution is -0.248. The highest BCUT2D eigenvalue weighted by Crippen LogP contribution is 2.72. The number of carbonyl (C=O) groups excluding carboxylic acids is 8. The Morgan fingerprint density at radius 1 is 0.786 bits per heavy atom. The molecule has 12 rings (SSSR count). The largest absolute Gasteiger partial charge is 0.476 e. The van der Waals surface area contributed by atoms with Crippen LogP contribution in [0.4, 0.5) is 20.4 Å². The van der Waals surface area contributed by atoms with Crippen LogP contribution in [-0.2, 0) is 56.7 Å². The number of pyridine rings is 2. The number of nitrogens with one attached hydrogen (secondary N) is 5. The number of benzene rings is 3. The zero-order chi connectivity index (χ0) is 73.6. The summed E-state index contributed by atoms with van der Waals surface area (Å²) < 4.78 is 49.6. The number of aromatic carboxylic acids is 1. The number of carboxylic acid groups (broad SMARTS) is 1. The van der Waals surface area contributed by atoms with Crippen LogP contribution in [0.25, 0.3) is 43.5 Å². The fourth-order valence-electron chi connectivity index (χ4n) is 16.2. The summed E-state index contributed by atoms with van der Waals surface area (Å²) in [6, 6.07) is 21.5. The van der Waals surface area contributed by atoms with Gasteiger partial charge in [0.2, 0.25) is 17.7 Å². The number of thiazole rings is 1. The molecule has 3 unspecified atom stereocenters. The zero-order valence-electron chi connectivity index (χ0n) is 58.0. The number of para-hydroxylation sites is 1. The number of hydrogen-bond donors (Lipinski definition) is 8. The van der Waals surface area contributed by atoms with Crippen LogP contribution in [0.5, 0.6) is 0 Å². The predicted molar refractivity (Wildman–Crippen MR) is 384 cm³/mol. The van der Waals surface area contributed by atoms with Gasteiger partial charge in [-0.25, -0.2) is 24.4 Å². The van der Waals surface area contributed by atoms with Gasteiger partial charge in [0.25, 0.3) is 27.8 Å². The highest BCUT2D eigenvalue weighted by Gasteiger charge is 2.66. The van der Waals surface area contributed by atoms with Crippen LogP contribution in [-0.4, -0.2) is 162 Å². The summed E-state index contributed by atoms with van der Waals surface area (Å²) >= 11 is 1.36. The number of amides is 9. The maximum absolute atomic E-state index is 13.9. The maximum Gasteiger partial charge on any atom is 0.410 e. The number of anilines is 2. The Kier molecular flexibility index (Phi) is 22.2. The number of fused-ring (bicyclic) bond motifs is 2. The van der Waals surface area contributed by atoms with Crippen LogP contribution in [0.2, 0.25) is 0 Å². The van der Waals surface area contributed by atoms with Gasteiger partial charge in [-0.2, -0.15) is 13.5 Å². The molecule has 6 atom stereocenters. The lowest BCUT2D eigenvalue weighted by Crippen LogP contribution is -2.64. The van der Waals surface area contributed by atoms with Crippen molar-refractivity contribution >= 4 is 107 Å². The van der Waals surface area contributed by atoms with E-state index in [-0.39, 0.29) is 97.7 Å². The molecule has 5 heterocycles. The molecule has 0 saturated heterocycles. The highest BCUT2D eigenvalue weighted by molar-refractivity contribution is 7.85. The minimum Gasteiger partial charge on any atom is -0.476 e. The first-order valence-corrected chi connectivity index (χ1v) is 36.8. The van der Waals surface area contributed by atoms with Crippen molar-refractivity contribution in [1.29, 1.82) is 0 Å². The SMILES string of the molecule is Cc1c(-c2ccc(-c3cnc4cccc(C(=O)Nc5nc6ccccc6s5)c4c3)nc2C(=O)O)cnn1CC12CC3(C)CC(OCCN(CCS(=O)(=O)O)C(=O)OCc4ccc(NC(=O)[C@H](CCCNC(N)=O)NC(=O)[C@@H](NC(=O)CCCCCN5C(=O)C=CC5=O)C(C)C)cc4)(C1)C[C@](C)(C3)C2. The van der Waals surface area contributed by atoms with Crippen LogP contribution in [0, 0.1) is 29.1 Å². The Bertz CT molecular complexity index is 4530. The monoisotopic (exact) mass is 1450 g/mol. The van der Waals surface area contributed by atoms with E-state index in [2.05, 4.69) is 55.4 Å². The Balaban J connectivity index is 0.707. The molecule has 4 fully saturated rings. The molecule has 28 nitrogen and oxygen atoms in total. The van der Waals surface area contributed by atoms with Gasteiger partial charge >= 0.3 is 18.1 Å². The second-order valence-corrected chi connectivity index (χ2v) is 31.3. The van der Waals surface area contributed by atoms with E-state index in [4.69, 9.17) is 20.3 Å². The third kappa shape index (κ3) is 18.1. The summed E-state index contributed by atoms with van der Waals surface area (Å²) in [6.45, 7) is 10.1. The van der Waals surface area contributed by atoms with Gasteiger partial charge in [-0.15, -0.1) is 0 Å². The van der Waals surface area contributed by atoms with Gasteiger partial charge in [0.15, 0.2) is 10.8 Å². The van der Waals surface area contributed by atoms with E-state index < -0.39 is 75.9 Å². The second kappa shape index (κ2) is 30.9. The van der Waals surface area contributed by atoms with Crippen LogP contribution in [0.15, 0.2) is 109 Å². The van der Waals surface area contributed by atoms with Crippen LogP contribution < -0.4 is 32.3 Å². The van der Waals surface area contributed by atoms with Gasteiger partial charge in [-0.1, -0.05) is 75.8 Å². The van der Waals surface area contributed by atoms with Crippen molar-refractivity contribution in [2.45, 2.75) is 143 Å². The van der Waals surface area contributed by atoms with Crippen molar-refractivity contribution in [3.63, 3.8) is 0 Å². The third-order valence-corrected chi connectivity index (χ3v) is 21.3. The number of imide groups is 1.